The second kappa shape index (κ2) is 10.00. The highest BCUT2D eigenvalue weighted by atomic mass is 19.4. The van der Waals surface area contributed by atoms with Crippen LogP contribution in [0.5, 0.6) is 0 Å². The van der Waals surface area contributed by atoms with E-state index in [2.05, 4.69) is 35.6 Å². The Morgan fingerprint density at radius 3 is 2.58 bits per heavy atom. The molecule has 4 fully saturated rings. The highest BCUT2D eigenvalue weighted by molar-refractivity contribution is 5.26. The zero-order chi connectivity index (χ0) is 23.8. The number of halogens is 3. The van der Waals surface area contributed by atoms with E-state index in [1.54, 1.807) is 0 Å². The van der Waals surface area contributed by atoms with Crippen LogP contribution < -0.4 is 0 Å². The van der Waals surface area contributed by atoms with E-state index in [-0.39, 0.29) is 5.41 Å². The minimum absolute atomic E-state index is 0.231. The SMILES string of the molecule is C[C@H](CN1CC[C@@H](OC(F)(F)F)C1)[C@H]1CC[C@H]2C(=CC=C3C[C@@H](O)C[C@@H](O)C3)CCC[C@]12C. The molecule has 0 aromatic carbocycles. The second-order valence-corrected chi connectivity index (χ2v) is 11.3. The van der Waals surface area contributed by atoms with E-state index in [1.807, 2.05) is 0 Å². The first kappa shape index (κ1) is 25.2. The van der Waals surface area contributed by atoms with Gasteiger partial charge in [-0.3, -0.25) is 4.74 Å². The number of allylic oxidation sites excluding steroid dienone is 3. The average molecular weight is 472 g/mol. The van der Waals surface area contributed by atoms with Gasteiger partial charge in [-0.2, -0.15) is 0 Å². The lowest BCUT2D eigenvalue weighted by molar-refractivity contribution is -0.340. The summed E-state index contributed by atoms with van der Waals surface area (Å²) in [5.41, 5.74) is 2.86. The summed E-state index contributed by atoms with van der Waals surface area (Å²) >= 11 is 0. The van der Waals surface area contributed by atoms with Crippen LogP contribution in [0.25, 0.3) is 0 Å². The van der Waals surface area contributed by atoms with Crippen molar-refractivity contribution < 1.29 is 28.1 Å². The molecule has 0 amide bonds. The molecule has 7 atom stereocenters. The lowest BCUT2D eigenvalue weighted by atomic mass is 9.61. The summed E-state index contributed by atoms with van der Waals surface area (Å²) in [5, 5.41) is 19.9. The molecule has 0 spiro atoms. The molecule has 2 N–H and O–H groups in total. The molecule has 33 heavy (non-hydrogen) atoms. The molecule has 7 heteroatoms. The first-order chi connectivity index (χ1) is 15.5. The number of nitrogens with zero attached hydrogens (tertiary/aromatic N) is 1. The lowest BCUT2D eigenvalue weighted by Gasteiger charge is -2.45. The van der Waals surface area contributed by atoms with Gasteiger partial charge in [0.1, 0.15) is 0 Å². The number of ether oxygens (including phenoxy) is 1. The van der Waals surface area contributed by atoms with E-state index >= 15 is 0 Å². The van der Waals surface area contributed by atoms with Crippen molar-refractivity contribution in [2.45, 2.75) is 96.3 Å². The Bertz CT molecular complexity index is 740. The van der Waals surface area contributed by atoms with Gasteiger partial charge in [-0.05, 0) is 81.0 Å². The van der Waals surface area contributed by atoms with Crippen molar-refractivity contribution in [2.24, 2.45) is 23.2 Å². The Labute approximate surface area is 195 Å². The summed E-state index contributed by atoms with van der Waals surface area (Å²) in [7, 11) is 0. The first-order valence-corrected chi connectivity index (χ1v) is 12.7. The molecule has 1 aliphatic heterocycles. The number of likely N-dealkylation sites (tertiary alicyclic amines) is 1. The molecule has 1 saturated heterocycles. The largest absolute Gasteiger partial charge is 0.522 e. The topological polar surface area (TPSA) is 52.9 Å². The van der Waals surface area contributed by atoms with Crippen LogP contribution in [0.4, 0.5) is 13.2 Å². The molecule has 1 heterocycles. The first-order valence-electron chi connectivity index (χ1n) is 12.7. The Kier molecular flexibility index (Phi) is 7.64. The Hall–Kier alpha value is -0.890. The number of aliphatic hydroxyl groups excluding tert-OH is 2. The van der Waals surface area contributed by atoms with Gasteiger partial charge < -0.3 is 15.1 Å². The molecule has 0 bridgehead atoms. The van der Waals surface area contributed by atoms with Gasteiger partial charge in [0.05, 0.1) is 18.3 Å². The molecular formula is C26H40F3NO3. The van der Waals surface area contributed by atoms with Crippen LogP contribution in [-0.2, 0) is 4.74 Å². The van der Waals surface area contributed by atoms with Crippen LogP contribution in [0.1, 0.15) is 71.6 Å². The Morgan fingerprint density at radius 2 is 1.88 bits per heavy atom. The number of hydrogen-bond donors (Lipinski definition) is 2. The molecule has 3 saturated carbocycles. The predicted molar refractivity (Wildman–Crippen MR) is 121 cm³/mol. The van der Waals surface area contributed by atoms with Gasteiger partial charge in [0.25, 0.3) is 0 Å². The van der Waals surface area contributed by atoms with Crippen LogP contribution >= 0.6 is 0 Å². The van der Waals surface area contributed by atoms with Crippen LogP contribution in [0.15, 0.2) is 23.3 Å². The van der Waals surface area contributed by atoms with Gasteiger partial charge in [0.15, 0.2) is 0 Å². The molecule has 0 aromatic rings. The summed E-state index contributed by atoms with van der Waals surface area (Å²) in [6.07, 6.45) is 6.28. The zero-order valence-corrected chi connectivity index (χ0v) is 20.0. The van der Waals surface area contributed by atoms with Crippen LogP contribution in [0.2, 0.25) is 0 Å². The van der Waals surface area contributed by atoms with Gasteiger partial charge in [-0.1, -0.05) is 37.1 Å². The summed E-state index contributed by atoms with van der Waals surface area (Å²) in [5.74, 6) is 1.56. The number of hydrogen-bond acceptors (Lipinski definition) is 4. The van der Waals surface area contributed by atoms with Gasteiger partial charge in [-0.25, -0.2) is 0 Å². The quantitative estimate of drug-likeness (QED) is 0.578. The fourth-order valence-corrected chi connectivity index (χ4v) is 7.53. The van der Waals surface area contributed by atoms with Crippen molar-refractivity contribution in [1.82, 2.24) is 4.90 Å². The fraction of sp³-hybridized carbons (Fsp3) is 0.846. The standard InChI is InChI=1S/C26H40F3NO3/c1-17(15-30-11-9-22(16-30)33-26(27,28)29)23-7-8-24-19(4-3-10-25(23,24)2)6-5-18-12-20(31)14-21(32)13-18/h5-6,17,20-24,31-32H,3-4,7-16H2,1-2H3/t17-,20-,21+,22-,23-,24+,25-/m1/s1. The van der Waals surface area contributed by atoms with Crippen molar-refractivity contribution in [3.8, 4) is 0 Å². The van der Waals surface area contributed by atoms with Crippen molar-refractivity contribution >= 4 is 0 Å². The van der Waals surface area contributed by atoms with Crippen molar-refractivity contribution in [3.63, 3.8) is 0 Å². The smallest absolute Gasteiger partial charge is 0.393 e. The summed E-state index contributed by atoms with van der Waals surface area (Å²) in [4.78, 5) is 2.15. The average Bonchev–Trinajstić information content (AvgIpc) is 3.27. The zero-order valence-electron chi connectivity index (χ0n) is 20.0. The van der Waals surface area contributed by atoms with Gasteiger partial charge in [-0.15, -0.1) is 13.2 Å². The van der Waals surface area contributed by atoms with E-state index in [4.69, 9.17) is 0 Å². The molecule has 4 rings (SSSR count). The van der Waals surface area contributed by atoms with Crippen LogP contribution in [-0.4, -0.2) is 59.4 Å². The van der Waals surface area contributed by atoms with Crippen molar-refractivity contribution in [2.75, 3.05) is 19.6 Å². The van der Waals surface area contributed by atoms with E-state index in [9.17, 15) is 23.4 Å². The minimum atomic E-state index is -4.55. The van der Waals surface area contributed by atoms with Crippen LogP contribution in [0.3, 0.4) is 0 Å². The van der Waals surface area contributed by atoms with E-state index in [0.29, 0.717) is 56.5 Å². The Morgan fingerprint density at radius 1 is 1.15 bits per heavy atom. The second-order valence-electron chi connectivity index (χ2n) is 11.3. The lowest BCUT2D eigenvalue weighted by Crippen LogP contribution is -2.39. The molecular weight excluding hydrogens is 431 g/mol. The monoisotopic (exact) mass is 471 g/mol. The molecule has 0 aromatic heterocycles. The van der Waals surface area contributed by atoms with E-state index in [0.717, 1.165) is 18.5 Å². The third-order valence-electron chi connectivity index (χ3n) is 8.87. The maximum absolute atomic E-state index is 12.6. The number of fused-ring (bicyclic) bond motifs is 1. The summed E-state index contributed by atoms with van der Waals surface area (Å²) in [6.45, 7) is 6.59. The van der Waals surface area contributed by atoms with Gasteiger partial charge in [0, 0.05) is 19.6 Å². The predicted octanol–water partition coefficient (Wildman–Crippen LogP) is 5.21. The number of alkyl halides is 3. The maximum Gasteiger partial charge on any atom is 0.522 e. The number of aliphatic hydroxyl groups is 2. The molecule has 3 aliphatic carbocycles. The van der Waals surface area contributed by atoms with E-state index < -0.39 is 24.7 Å². The number of rotatable bonds is 5. The normalized spacial score (nSPS) is 41.6. The minimum Gasteiger partial charge on any atom is -0.393 e. The fourth-order valence-electron chi connectivity index (χ4n) is 7.53. The molecule has 4 nitrogen and oxygen atoms in total. The van der Waals surface area contributed by atoms with Crippen molar-refractivity contribution in [1.29, 1.82) is 0 Å². The third-order valence-corrected chi connectivity index (χ3v) is 8.87. The van der Waals surface area contributed by atoms with Gasteiger partial charge in [0.2, 0.25) is 0 Å². The van der Waals surface area contributed by atoms with Crippen LogP contribution in [0, 0.1) is 23.2 Å². The summed E-state index contributed by atoms with van der Waals surface area (Å²) < 4.78 is 41.9. The van der Waals surface area contributed by atoms with Crippen molar-refractivity contribution in [3.05, 3.63) is 23.3 Å². The van der Waals surface area contributed by atoms with Gasteiger partial charge >= 0.3 is 6.36 Å². The molecule has 4 aliphatic rings. The Balaban J connectivity index is 1.38. The maximum atomic E-state index is 12.6. The summed E-state index contributed by atoms with van der Waals surface area (Å²) in [6, 6.07) is 0. The highest BCUT2D eigenvalue weighted by Crippen LogP contribution is 2.59. The molecule has 188 valence electrons. The third kappa shape index (κ3) is 6.03. The van der Waals surface area contributed by atoms with E-state index in [1.165, 1.54) is 31.3 Å². The molecule has 0 radical (unpaired) electrons. The highest BCUT2D eigenvalue weighted by Gasteiger charge is 2.51. The molecule has 0 unspecified atom stereocenters.